The molecule has 3 N–H and O–H groups in total. The van der Waals surface area contributed by atoms with Crippen molar-refractivity contribution in [1.29, 1.82) is 0 Å². The number of hydrogen-bond donors (Lipinski definition) is 3. The molecule has 1 aliphatic carbocycles. The normalized spacial score (nSPS) is 21.3. The molecular weight excluding hydrogens is 301 g/mol. The van der Waals surface area contributed by atoms with E-state index in [0.717, 1.165) is 0 Å². The molecule has 122 valence electrons. The van der Waals surface area contributed by atoms with Gasteiger partial charge in [0.1, 0.15) is 11.6 Å². The van der Waals surface area contributed by atoms with Gasteiger partial charge in [-0.05, 0) is 43.9 Å². The van der Waals surface area contributed by atoms with Gasteiger partial charge in [0.15, 0.2) is 0 Å². The molecule has 0 bridgehead atoms. The van der Waals surface area contributed by atoms with Crippen LogP contribution in [0, 0.1) is 17.7 Å². The average molecular weight is 319 g/mol. The zero-order valence-corrected chi connectivity index (χ0v) is 12.5. The number of carbonyl (C=O) groups excluding carboxylic acids is 1. The first-order chi connectivity index (χ1) is 11.0. The smallest absolute Gasteiger partial charge is 0.306 e. The summed E-state index contributed by atoms with van der Waals surface area (Å²) in [6.07, 6.45) is 2.26. The molecule has 2 aromatic rings. The highest BCUT2D eigenvalue weighted by molar-refractivity contribution is 5.79. The Balaban J connectivity index is 1.55. The number of nitrogens with zero attached hydrogens (tertiary/aromatic N) is 1. The van der Waals surface area contributed by atoms with Crippen molar-refractivity contribution in [1.82, 2.24) is 15.3 Å². The minimum atomic E-state index is -0.779. The van der Waals surface area contributed by atoms with E-state index < -0.39 is 5.97 Å². The van der Waals surface area contributed by atoms with Gasteiger partial charge < -0.3 is 15.4 Å². The van der Waals surface area contributed by atoms with Crippen LogP contribution in [0.1, 0.15) is 31.5 Å². The SMILES string of the molecule is O=C(O)C1CCC(C(=O)NCc2nc3ccc(F)cc3[nH]2)CC1. The van der Waals surface area contributed by atoms with Crippen molar-refractivity contribution in [2.45, 2.75) is 32.2 Å². The number of aromatic nitrogens is 2. The second-order valence-corrected chi connectivity index (χ2v) is 5.95. The number of H-pyrrole nitrogens is 1. The summed E-state index contributed by atoms with van der Waals surface area (Å²) in [7, 11) is 0. The van der Waals surface area contributed by atoms with Gasteiger partial charge in [-0.1, -0.05) is 0 Å². The van der Waals surface area contributed by atoms with Crippen LogP contribution in [-0.2, 0) is 16.1 Å². The van der Waals surface area contributed by atoms with Crippen LogP contribution in [0.3, 0.4) is 0 Å². The molecule has 1 heterocycles. The fraction of sp³-hybridized carbons (Fsp3) is 0.438. The molecule has 0 saturated heterocycles. The summed E-state index contributed by atoms with van der Waals surface area (Å²) in [6, 6.07) is 4.28. The Morgan fingerprint density at radius 3 is 2.65 bits per heavy atom. The number of imidazole rings is 1. The molecule has 0 spiro atoms. The largest absolute Gasteiger partial charge is 0.481 e. The Labute approximate surface area is 132 Å². The zero-order chi connectivity index (χ0) is 16.4. The molecule has 6 nitrogen and oxygen atoms in total. The number of aromatic amines is 1. The number of fused-ring (bicyclic) bond motifs is 1. The molecule has 1 aromatic heterocycles. The van der Waals surface area contributed by atoms with Gasteiger partial charge in [0, 0.05) is 5.92 Å². The Bertz CT molecular complexity index is 735. The van der Waals surface area contributed by atoms with Crippen LogP contribution in [-0.4, -0.2) is 27.0 Å². The molecule has 0 atom stereocenters. The molecular formula is C16H18FN3O3. The number of amides is 1. The molecule has 1 amide bonds. The summed E-state index contributed by atoms with van der Waals surface area (Å²) in [5.74, 6) is -1.11. The van der Waals surface area contributed by atoms with E-state index >= 15 is 0 Å². The zero-order valence-electron chi connectivity index (χ0n) is 12.5. The Morgan fingerprint density at radius 2 is 1.96 bits per heavy atom. The number of nitrogens with one attached hydrogen (secondary N) is 2. The van der Waals surface area contributed by atoms with E-state index in [1.807, 2.05) is 0 Å². The van der Waals surface area contributed by atoms with Crippen molar-refractivity contribution >= 4 is 22.9 Å². The molecule has 0 radical (unpaired) electrons. The van der Waals surface area contributed by atoms with Gasteiger partial charge >= 0.3 is 5.97 Å². The summed E-state index contributed by atoms with van der Waals surface area (Å²) in [5.41, 5.74) is 1.24. The fourth-order valence-corrected chi connectivity index (χ4v) is 3.04. The quantitative estimate of drug-likeness (QED) is 0.805. The van der Waals surface area contributed by atoms with Gasteiger partial charge in [0.2, 0.25) is 5.91 Å². The highest BCUT2D eigenvalue weighted by Crippen LogP contribution is 2.29. The summed E-state index contributed by atoms with van der Waals surface area (Å²) in [5, 5.41) is 11.8. The highest BCUT2D eigenvalue weighted by atomic mass is 19.1. The number of aliphatic carboxylic acids is 1. The molecule has 1 fully saturated rings. The number of carbonyl (C=O) groups is 2. The van der Waals surface area contributed by atoms with E-state index in [2.05, 4.69) is 15.3 Å². The first kappa shape index (κ1) is 15.5. The first-order valence-electron chi connectivity index (χ1n) is 7.67. The van der Waals surface area contributed by atoms with E-state index in [9.17, 15) is 14.0 Å². The maximum Gasteiger partial charge on any atom is 0.306 e. The van der Waals surface area contributed by atoms with Crippen molar-refractivity contribution < 1.29 is 19.1 Å². The van der Waals surface area contributed by atoms with Crippen LogP contribution in [0.15, 0.2) is 18.2 Å². The van der Waals surface area contributed by atoms with E-state index in [4.69, 9.17) is 5.11 Å². The third-order valence-electron chi connectivity index (χ3n) is 4.37. The number of hydrogen-bond acceptors (Lipinski definition) is 3. The van der Waals surface area contributed by atoms with E-state index in [1.54, 1.807) is 6.07 Å². The predicted molar refractivity (Wildman–Crippen MR) is 81.0 cm³/mol. The predicted octanol–water partition coefficient (Wildman–Crippen LogP) is 2.21. The van der Waals surface area contributed by atoms with E-state index in [1.165, 1.54) is 12.1 Å². The highest BCUT2D eigenvalue weighted by Gasteiger charge is 2.29. The van der Waals surface area contributed by atoms with Crippen molar-refractivity contribution in [2.75, 3.05) is 0 Å². The van der Waals surface area contributed by atoms with Crippen molar-refractivity contribution in [3.05, 3.63) is 29.8 Å². The van der Waals surface area contributed by atoms with Gasteiger partial charge in [-0.25, -0.2) is 9.37 Å². The molecule has 1 aliphatic rings. The summed E-state index contributed by atoms with van der Waals surface area (Å²) in [6.45, 7) is 0.244. The summed E-state index contributed by atoms with van der Waals surface area (Å²) < 4.78 is 13.1. The summed E-state index contributed by atoms with van der Waals surface area (Å²) in [4.78, 5) is 30.3. The number of halogens is 1. The molecule has 0 aliphatic heterocycles. The summed E-state index contributed by atoms with van der Waals surface area (Å²) >= 11 is 0. The molecule has 7 heteroatoms. The number of carboxylic acids is 1. The lowest BCUT2D eigenvalue weighted by atomic mass is 9.81. The lowest BCUT2D eigenvalue weighted by molar-refractivity contribution is -0.144. The fourth-order valence-electron chi connectivity index (χ4n) is 3.04. The molecule has 23 heavy (non-hydrogen) atoms. The second-order valence-electron chi connectivity index (χ2n) is 5.95. The maximum atomic E-state index is 13.1. The Morgan fingerprint density at radius 1 is 1.26 bits per heavy atom. The van der Waals surface area contributed by atoms with E-state index in [0.29, 0.717) is 42.5 Å². The van der Waals surface area contributed by atoms with Crippen LogP contribution >= 0.6 is 0 Å². The average Bonchev–Trinajstić information content (AvgIpc) is 2.94. The lowest BCUT2D eigenvalue weighted by Gasteiger charge is -2.25. The monoisotopic (exact) mass is 319 g/mol. The van der Waals surface area contributed by atoms with Crippen LogP contribution in [0.5, 0.6) is 0 Å². The molecule has 3 rings (SSSR count). The van der Waals surface area contributed by atoms with Crippen LogP contribution < -0.4 is 5.32 Å². The topological polar surface area (TPSA) is 95.1 Å². The lowest BCUT2D eigenvalue weighted by Crippen LogP contribution is -2.34. The van der Waals surface area contributed by atoms with Gasteiger partial charge in [-0.3, -0.25) is 9.59 Å². The number of benzene rings is 1. The van der Waals surface area contributed by atoms with Crippen LogP contribution in [0.2, 0.25) is 0 Å². The third-order valence-corrected chi connectivity index (χ3v) is 4.37. The number of rotatable bonds is 4. The van der Waals surface area contributed by atoms with Crippen molar-refractivity contribution in [3.8, 4) is 0 Å². The van der Waals surface area contributed by atoms with Crippen molar-refractivity contribution in [3.63, 3.8) is 0 Å². The third kappa shape index (κ3) is 3.49. The second kappa shape index (κ2) is 6.36. The number of carboxylic acid groups (broad SMARTS) is 1. The van der Waals surface area contributed by atoms with Gasteiger partial charge in [0.05, 0.1) is 23.5 Å². The van der Waals surface area contributed by atoms with Gasteiger partial charge in [0.25, 0.3) is 0 Å². The van der Waals surface area contributed by atoms with Crippen molar-refractivity contribution in [2.24, 2.45) is 11.8 Å². The molecule has 0 unspecified atom stereocenters. The first-order valence-corrected chi connectivity index (χ1v) is 7.67. The van der Waals surface area contributed by atoms with E-state index in [-0.39, 0.29) is 30.1 Å². The maximum absolute atomic E-state index is 13.1. The Kier molecular flexibility index (Phi) is 4.27. The Hall–Kier alpha value is -2.44. The molecule has 1 saturated carbocycles. The van der Waals surface area contributed by atoms with Gasteiger partial charge in [-0.2, -0.15) is 0 Å². The van der Waals surface area contributed by atoms with Crippen LogP contribution in [0.25, 0.3) is 11.0 Å². The molecule has 1 aromatic carbocycles. The van der Waals surface area contributed by atoms with Crippen LogP contribution in [0.4, 0.5) is 4.39 Å². The standard InChI is InChI=1S/C16H18FN3O3/c17-11-5-6-12-13(7-11)20-14(19-12)8-18-15(21)9-1-3-10(4-2-9)16(22)23/h5-7,9-10H,1-4,8H2,(H,18,21)(H,19,20)(H,22,23). The minimum Gasteiger partial charge on any atom is -0.481 e. The van der Waals surface area contributed by atoms with Gasteiger partial charge in [-0.15, -0.1) is 0 Å². The minimum absolute atomic E-state index is 0.0829.